The van der Waals surface area contributed by atoms with Crippen LogP contribution in [0.1, 0.15) is 116 Å². The van der Waals surface area contributed by atoms with E-state index in [4.69, 9.17) is 37.6 Å². The number of nitriles is 1. The molecule has 1 saturated heterocycles. The fourth-order valence-corrected chi connectivity index (χ4v) is 11.0. The summed E-state index contributed by atoms with van der Waals surface area (Å²) in [7, 11) is 1.34. The highest BCUT2D eigenvalue weighted by atomic mass is 31.2. The lowest BCUT2D eigenvalue weighted by Gasteiger charge is -2.38. The highest BCUT2D eigenvalue weighted by Gasteiger charge is 2.51. The van der Waals surface area contributed by atoms with Crippen molar-refractivity contribution in [3.05, 3.63) is 164 Å². The number of fused-ring (bicyclic) bond motifs is 1. The molecule has 5 aromatic rings. The molecule has 73 heavy (non-hydrogen) atoms. The molecule has 18 heteroatoms. The molecule has 3 heterocycles. The van der Waals surface area contributed by atoms with Crippen LogP contribution in [0, 0.1) is 11.3 Å². The Morgan fingerprint density at radius 1 is 0.699 bits per heavy atom. The monoisotopic (exact) mass is 1020 g/mol. The number of nitrogens with zero attached hydrogens (tertiary/aromatic N) is 4. The van der Waals surface area contributed by atoms with Gasteiger partial charge in [0.05, 0.1) is 57.7 Å². The highest BCUT2D eigenvalue weighted by Crippen LogP contribution is 2.51. The molecule has 0 aliphatic carbocycles. The average molecular weight is 1020 g/mol. The first-order valence-electron chi connectivity index (χ1n) is 24.8. The molecule has 4 aromatic carbocycles. The molecule has 388 valence electrons. The molecule has 1 aromatic heterocycles. The molecule has 2 amide bonds. The molecule has 1 fully saturated rings. The number of H-pyrrole nitrogens is 1. The molecular weight excluding hydrogens is 954 g/mol. The molecular formula is C55H66N5O12P. The summed E-state index contributed by atoms with van der Waals surface area (Å²) >= 11 is 0. The Balaban J connectivity index is 1.16. The number of methoxy groups -OCH3 is 2. The average Bonchev–Trinajstić information content (AvgIpc) is 3.85. The van der Waals surface area contributed by atoms with Crippen LogP contribution in [-0.2, 0) is 33.7 Å². The van der Waals surface area contributed by atoms with Crippen LogP contribution in [0.15, 0.2) is 125 Å². The molecule has 0 spiro atoms. The second-order valence-electron chi connectivity index (χ2n) is 18.3. The number of rotatable bonds is 28. The molecule has 1 N–H and O–H groups in total. The third-order valence-electron chi connectivity index (χ3n) is 12.7. The maximum Gasteiger partial charge on any atom is 0.330 e. The van der Waals surface area contributed by atoms with E-state index < -0.39 is 61.7 Å². The van der Waals surface area contributed by atoms with Crippen molar-refractivity contribution in [3.8, 4) is 17.6 Å². The number of nitrogens with one attached hydrogen (secondary N) is 1. The first-order valence-corrected chi connectivity index (χ1v) is 26.0. The number of aromatic nitrogens is 2. The number of hydrogen-bond acceptors (Lipinski definition) is 14. The molecule has 2 aliphatic rings. The molecule has 0 saturated carbocycles. The Hall–Kier alpha value is -6.06. The Bertz CT molecular complexity index is 2640. The molecule has 3 unspecified atom stereocenters. The Morgan fingerprint density at radius 3 is 1.79 bits per heavy atom. The predicted molar refractivity (Wildman–Crippen MR) is 274 cm³/mol. The molecule has 7 rings (SSSR count). The first-order chi connectivity index (χ1) is 35.4. The summed E-state index contributed by atoms with van der Waals surface area (Å²) in [5.74, 6) is 0.441. The lowest BCUT2D eigenvalue weighted by atomic mass is 9.80. The van der Waals surface area contributed by atoms with E-state index in [2.05, 4.69) is 15.7 Å². The Morgan fingerprint density at radius 2 is 1.25 bits per heavy atom. The number of amides is 2. The van der Waals surface area contributed by atoms with Gasteiger partial charge in [-0.2, -0.15) is 5.26 Å². The summed E-state index contributed by atoms with van der Waals surface area (Å²) in [6.45, 7) is 8.71. The fraction of sp³-hybridized carbons (Fsp3) is 0.436. The molecule has 17 nitrogen and oxygen atoms in total. The number of carbonyl (C=O) groups is 2. The minimum Gasteiger partial charge on any atom is -0.497 e. The van der Waals surface area contributed by atoms with Gasteiger partial charge in [0.2, 0.25) is 0 Å². The first kappa shape index (κ1) is 54.7. The fourth-order valence-electron chi connectivity index (χ4n) is 9.26. The van der Waals surface area contributed by atoms with Crippen LogP contribution in [-0.4, -0.2) is 102 Å². The van der Waals surface area contributed by atoms with Crippen molar-refractivity contribution in [1.82, 2.24) is 19.3 Å². The van der Waals surface area contributed by atoms with Gasteiger partial charge < -0.3 is 32.7 Å². The smallest absolute Gasteiger partial charge is 0.330 e. The molecule has 0 radical (unpaired) electrons. The van der Waals surface area contributed by atoms with Crippen LogP contribution in [0.2, 0.25) is 0 Å². The number of aromatic amines is 1. The zero-order valence-corrected chi connectivity index (χ0v) is 43.2. The summed E-state index contributed by atoms with van der Waals surface area (Å²) in [5.41, 5.74) is 0.621. The zero-order chi connectivity index (χ0) is 51.9. The number of imide groups is 1. The number of unbranched alkanes of at least 4 members (excludes halogenated alkanes) is 5. The Kier molecular flexibility index (Phi) is 19.7. The maximum absolute atomic E-state index is 13.7. The van der Waals surface area contributed by atoms with Crippen molar-refractivity contribution < 1.29 is 47.2 Å². The van der Waals surface area contributed by atoms with Crippen molar-refractivity contribution in [2.24, 2.45) is 0 Å². The molecule has 2 aliphatic heterocycles. The lowest BCUT2D eigenvalue weighted by Crippen LogP contribution is -2.43. The van der Waals surface area contributed by atoms with Crippen LogP contribution in [0.5, 0.6) is 11.5 Å². The van der Waals surface area contributed by atoms with Gasteiger partial charge in [-0.25, -0.2) is 9.46 Å². The van der Waals surface area contributed by atoms with Gasteiger partial charge in [0.25, 0.3) is 25.9 Å². The lowest BCUT2D eigenvalue weighted by molar-refractivity contribution is -0.104. The summed E-state index contributed by atoms with van der Waals surface area (Å²) < 4.78 is 49.3. The number of hydroxylamine groups is 2. The van der Waals surface area contributed by atoms with E-state index in [0.717, 1.165) is 47.4 Å². The molecule has 5 atom stereocenters. The third-order valence-corrected chi connectivity index (χ3v) is 14.9. The topological polar surface area (TPSA) is 193 Å². The quantitative estimate of drug-likeness (QED) is 0.0216. The van der Waals surface area contributed by atoms with Gasteiger partial charge in [-0.1, -0.05) is 92.4 Å². The maximum atomic E-state index is 13.7. The zero-order valence-electron chi connectivity index (χ0n) is 42.3. The number of ether oxygens (including phenoxy) is 5. The van der Waals surface area contributed by atoms with E-state index in [9.17, 15) is 24.4 Å². The SMILES string of the molecule is COc1ccc(C(OC[C@H]2O[C@@H](n3ccc(=O)[nH]c3=O)C(OP(OCCC#N)N(C(C)C)C(C)C)C2OCCCCCCCCON2C(=O)c3ccccc3C2=O)(c2ccccc2)c2ccc(OC)cc2)cc1. The van der Waals surface area contributed by atoms with Crippen molar-refractivity contribution in [2.75, 3.05) is 40.6 Å². The van der Waals surface area contributed by atoms with E-state index in [1.165, 1.54) is 16.8 Å². The van der Waals surface area contributed by atoms with E-state index >= 15 is 0 Å². The number of benzene rings is 4. The summed E-state index contributed by atoms with van der Waals surface area (Å²) in [5, 5.41) is 10.4. The second-order valence-corrected chi connectivity index (χ2v) is 19.7. The summed E-state index contributed by atoms with van der Waals surface area (Å²) in [6, 6.07) is 35.3. The van der Waals surface area contributed by atoms with Crippen LogP contribution in [0.25, 0.3) is 0 Å². The highest BCUT2D eigenvalue weighted by molar-refractivity contribution is 7.44. The van der Waals surface area contributed by atoms with Crippen molar-refractivity contribution in [1.29, 1.82) is 5.26 Å². The second kappa shape index (κ2) is 26.2. The van der Waals surface area contributed by atoms with Gasteiger partial charge in [-0.3, -0.25) is 28.8 Å². The number of carbonyl (C=O) groups excluding carboxylic acids is 2. The van der Waals surface area contributed by atoms with E-state index in [1.54, 1.807) is 38.5 Å². The van der Waals surface area contributed by atoms with Crippen molar-refractivity contribution in [2.45, 2.75) is 115 Å². The van der Waals surface area contributed by atoms with Gasteiger partial charge in [0.15, 0.2) is 6.23 Å². The normalized spacial score (nSPS) is 18.2. The van der Waals surface area contributed by atoms with Gasteiger partial charge in [-0.05, 0) is 93.6 Å². The van der Waals surface area contributed by atoms with Crippen LogP contribution >= 0.6 is 8.53 Å². The minimum absolute atomic E-state index is 0.0438. The van der Waals surface area contributed by atoms with Crippen LogP contribution in [0.3, 0.4) is 0 Å². The largest absolute Gasteiger partial charge is 0.497 e. The molecule has 0 bridgehead atoms. The van der Waals surface area contributed by atoms with Crippen LogP contribution in [0.4, 0.5) is 0 Å². The third kappa shape index (κ3) is 13.0. The van der Waals surface area contributed by atoms with Gasteiger partial charge >= 0.3 is 5.69 Å². The van der Waals surface area contributed by atoms with E-state index in [-0.39, 0.29) is 38.3 Å². The van der Waals surface area contributed by atoms with Gasteiger partial charge in [-0.15, -0.1) is 5.06 Å². The van der Waals surface area contributed by atoms with Gasteiger partial charge in [0.1, 0.15) is 35.4 Å². The van der Waals surface area contributed by atoms with E-state index in [0.29, 0.717) is 42.1 Å². The predicted octanol–water partition coefficient (Wildman–Crippen LogP) is 9.07. The van der Waals surface area contributed by atoms with Gasteiger partial charge in [0, 0.05) is 31.0 Å². The van der Waals surface area contributed by atoms with E-state index in [1.807, 2.05) is 107 Å². The minimum atomic E-state index is -1.89. The van der Waals surface area contributed by atoms with Crippen molar-refractivity contribution in [3.63, 3.8) is 0 Å². The standard InChI is InChI=1S/C55H66N5O12P/c1-38(2)60(39(3)4)73(70-36-18-32-56)72-50-49(67-34-16-9-7-8-10-17-35-69-59-51(62)45-21-14-15-22-46(45)52(59)63)47(71-53(50)58-33-31-48(61)57-54(58)64)37-68-55(40-19-12-11-13-20-40,41-23-27-43(65-5)28-24-41)42-25-29-44(66-6)30-26-42/h11-15,19-31,33,38-39,47,49-50,53H,7-10,16-18,34-37H2,1-6H3,(H,57,61,64)/t47-,49?,50?,53-,73?/m1/s1. The Labute approximate surface area is 427 Å². The summed E-state index contributed by atoms with van der Waals surface area (Å²) in [6.07, 6.45) is 2.46. The van der Waals surface area contributed by atoms with Crippen LogP contribution < -0.4 is 20.7 Å². The van der Waals surface area contributed by atoms with Crippen molar-refractivity contribution >= 4 is 20.3 Å². The number of hydrogen-bond donors (Lipinski definition) is 1. The summed E-state index contributed by atoms with van der Waals surface area (Å²) in [4.78, 5) is 59.6.